The summed E-state index contributed by atoms with van der Waals surface area (Å²) in [5, 5.41) is 6.40. The molecular weight excluding hydrogens is 202 g/mol. The van der Waals surface area contributed by atoms with Crippen LogP contribution in [0.3, 0.4) is 0 Å². The van der Waals surface area contributed by atoms with E-state index in [1.54, 1.807) is 0 Å². The molecule has 0 radical (unpaired) electrons. The SMILES string of the molecule is CCCN(C(=O)NC1CCCC1)C1CNC1. The van der Waals surface area contributed by atoms with E-state index in [1.807, 2.05) is 4.90 Å². The minimum Gasteiger partial charge on any atom is -0.335 e. The van der Waals surface area contributed by atoms with Gasteiger partial charge < -0.3 is 15.5 Å². The van der Waals surface area contributed by atoms with Gasteiger partial charge in [-0.1, -0.05) is 19.8 Å². The minimum absolute atomic E-state index is 0.153. The van der Waals surface area contributed by atoms with Crippen molar-refractivity contribution in [3.63, 3.8) is 0 Å². The van der Waals surface area contributed by atoms with Crippen molar-refractivity contribution in [2.45, 2.75) is 51.1 Å². The largest absolute Gasteiger partial charge is 0.335 e. The lowest BCUT2D eigenvalue weighted by molar-refractivity contribution is 0.146. The highest BCUT2D eigenvalue weighted by Crippen LogP contribution is 2.18. The molecule has 1 saturated carbocycles. The third-order valence-corrected chi connectivity index (χ3v) is 3.61. The zero-order valence-corrected chi connectivity index (χ0v) is 10.2. The van der Waals surface area contributed by atoms with Crippen LogP contribution in [0.15, 0.2) is 0 Å². The molecule has 0 aromatic heterocycles. The van der Waals surface area contributed by atoms with E-state index >= 15 is 0 Å². The Morgan fingerprint density at radius 3 is 2.56 bits per heavy atom. The second kappa shape index (κ2) is 5.53. The average Bonchev–Trinajstić information content (AvgIpc) is 2.67. The first-order chi connectivity index (χ1) is 7.81. The molecule has 0 aromatic carbocycles. The highest BCUT2D eigenvalue weighted by atomic mass is 16.2. The maximum absolute atomic E-state index is 12.1. The van der Waals surface area contributed by atoms with Gasteiger partial charge >= 0.3 is 6.03 Å². The molecule has 1 aliphatic heterocycles. The van der Waals surface area contributed by atoms with E-state index in [9.17, 15) is 4.79 Å². The predicted molar refractivity (Wildman–Crippen MR) is 64.4 cm³/mol. The summed E-state index contributed by atoms with van der Waals surface area (Å²) in [6.07, 6.45) is 5.89. The minimum atomic E-state index is 0.153. The summed E-state index contributed by atoms with van der Waals surface area (Å²) in [5.41, 5.74) is 0. The molecule has 2 rings (SSSR count). The fraction of sp³-hybridized carbons (Fsp3) is 0.917. The van der Waals surface area contributed by atoms with Gasteiger partial charge in [-0.2, -0.15) is 0 Å². The van der Waals surface area contributed by atoms with Gasteiger partial charge in [-0.15, -0.1) is 0 Å². The van der Waals surface area contributed by atoms with Gasteiger partial charge in [0.05, 0.1) is 6.04 Å². The topological polar surface area (TPSA) is 44.4 Å². The Morgan fingerprint density at radius 1 is 1.38 bits per heavy atom. The number of amides is 2. The normalized spacial score (nSPS) is 21.8. The fourth-order valence-corrected chi connectivity index (χ4v) is 2.51. The quantitative estimate of drug-likeness (QED) is 0.758. The molecular formula is C12H23N3O. The number of hydrogen-bond acceptors (Lipinski definition) is 2. The van der Waals surface area contributed by atoms with Crippen molar-refractivity contribution in [3.8, 4) is 0 Å². The first-order valence-corrected chi connectivity index (χ1v) is 6.59. The maximum Gasteiger partial charge on any atom is 0.317 e. The molecule has 0 aromatic rings. The predicted octanol–water partition coefficient (Wildman–Crippen LogP) is 1.32. The lowest BCUT2D eigenvalue weighted by atomic mass is 10.1. The number of urea groups is 1. The number of nitrogens with zero attached hydrogens (tertiary/aromatic N) is 1. The van der Waals surface area contributed by atoms with Crippen molar-refractivity contribution in [1.82, 2.24) is 15.5 Å². The van der Waals surface area contributed by atoms with Crippen molar-refractivity contribution in [1.29, 1.82) is 0 Å². The Hall–Kier alpha value is -0.770. The van der Waals surface area contributed by atoms with Crippen LogP contribution in [0.1, 0.15) is 39.0 Å². The van der Waals surface area contributed by atoms with Crippen LogP contribution in [0.25, 0.3) is 0 Å². The standard InChI is InChI=1S/C12H23N3O/c1-2-7-15(11-8-13-9-11)12(16)14-10-5-3-4-6-10/h10-11,13H,2-9H2,1H3,(H,14,16). The van der Waals surface area contributed by atoms with Crippen LogP contribution in [0.4, 0.5) is 4.79 Å². The number of hydrogen-bond donors (Lipinski definition) is 2. The van der Waals surface area contributed by atoms with Crippen molar-refractivity contribution in [3.05, 3.63) is 0 Å². The lowest BCUT2D eigenvalue weighted by Crippen LogP contribution is -2.61. The molecule has 2 N–H and O–H groups in total. The van der Waals surface area contributed by atoms with Crippen LogP contribution < -0.4 is 10.6 Å². The average molecular weight is 225 g/mol. The third kappa shape index (κ3) is 2.67. The first-order valence-electron chi connectivity index (χ1n) is 6.59. The monoisotopic (exact) mass is 225 g/mol. The van der Waals surface area contributed by atoms with Gasteiger partial charge in [0.1, 0.15) is 0 Å². The van der Waals surface area contributed by atoms with Crippen LogP contribution in [0, 0.1) is 0 Å². The van der Waals surface area contributed by atoms with Crippen molar-refractivity contribution >= 4 is 6.03 Å². The molecule has 1 aliphatic carbocycles. The maximum atomic E-state index is 12.1. The van der Waals surface area contributed by atoms with Crippen LogP contribution in [0.5, 0.6) is 0 Å². The Bertz CT molecular complexity index is 234. The van der Waals surface area contributed by atoms with Crippen LogP contribution in [-0.2, 0) is 0 Å². The van der Waals surface area contributed by atoms with Crippen LogP contribution in [0.2, 0.25) is 0 Å². The fourth-order valence-electron chi connectivity index (χ4n) is 2.51. The highest BCUT2D eigenvalue weighted by molar-refractivity contribution is 5.75. The number of carbonyl (C=O) groups excluding carboxylic acids is 1. The molecule has 2 fully saturated rings. The van der Waals surface area contributed by atoms with Crippen molar-refractivity contribution < 1.29 is 4.79 Å². The Balaban J connectivity index is 1.82. The molecule has 0 atom stereocenters. The molecule has 0 unspecified atom stereocenters. The molecule has 2 aliphatic rings. The molecule has 2 amide bonds. The van der Waals surface area contributed by atoms with Gasteiger partial charge in [0, 0.05) is 25.7 Å². The second-order valence-corrected chi connectivity index (χ2v) is 4.94. The van der Waals surface area contributed by atoms with E-state index in [4.69, 9.17) is 0 Å². The number of carbonyl (C=O) groups is 1. The van der Waals surface area contributed by atoms with Gasteiger partial charge in [0.25, 0.3) is 0 Å². The summed E-state index contributed by atoms with van der Waals surface area (Å²) < 4.78 is 0. The van der Waals surface area contributed by atoms with E-state index in [0.717, 1.165) is 38.9 Å². The van der Waals surface area contributed by atoms with E-state index in [-0.39, 0.29) is 6.03 Å². The molecule has 92 valence electrons. The van der Waals surface area contributed by atoms with Crippen molar-refractivity contribution in [2.24, 2.45) is 0 Å². The third-order valence-electron chi connectivity index (χ3n) is 3.61. The summed E-state index contributed by atoms with van der Waals surface area (Å²) in [4.78, 5) is 14.1. The summed E-state index contributed by atoms with van der Waals surface area (Å²) in [7, 11) is 0. The van der Waals surface area contributed by atoms with Gasteiger partial charge in [0.2, 0.25) is 0 Å². The molecule has 4 heteroatoms. The van der Waals surface area contributed by atoms with E-state index < -0.39 is 0 Å². The Morgan fingerprint density at radius 2 is 2.06 bits per heavy atom. The molecule has 1 heterocycles. The van der Waals surface area contributed by atoms with Gasteiger partial charge in [-0.3, -0.25) is 0 Å². The smallest absolute Gasteiger partial charge is 0.317 e. The number of nitrogens with one attached hydrogen (secondary N) is 2. The van der Waals surface area contributed by atoms with Crippen LogP contribution >= 0.6 is 0 Å². The van der Waals surface area contributed by atoms with Gasteiger partial charge in [-0.25, -0.2) is 4.79 Å². The number of rotatable bonds is 4. The summed E-state index contributed by atoms with van der Waals surface area (Å²) in [6.45, 7) is 4.92. The Kier molecular flexibility index (Phi) is 4.04. The summed E-state index contributed by atoms with van der Waals surface area (Å²) in [5.74, 6) is 0. The second-order valence-electron chi connectivity index (χ2n) is 4.94. The molecule has 1 saturated heterocycles. The summed E-state index contributed by atoms with van der Waals surface area (Å²) >= 11 is 0. The lowest BCUT2D eigenvalue weighted by Gasteiger charge is -2.38. The zero-order chi connectivity index (χ0) is 11.4. The first kappa shape index (κ1) is 11.7. The van der Waals surface area contributed by atoms with E-state index in [0.29, 0.717) is 12.1 Å². The van der Waals surface area contributed by atoms with E-state index in [2.05, 4.69) is 17.6 Å². The molecule has 0 spiro atoms. The molecule has 16 heavy (non-hydrogen) atoms. The molecule has 0 bridgehead atoms. The van der Waals surface area contributed by atoms with E-state index in [1.165, 1.54) is 12.8 Å². The van der Waals surface area contributed by atoms with Gasteiger partial charge in [0.15, 0.2) is 0 Å². The van der Waals surface area contributed by atoms with Crippen LogP contribution in [-0.4, -0.2) is 42.6 Å². The molecule has 4 nitrogen and oxygen atoms in total. The Labute approximate surface area is 97.8 Å². The highest BCUT2D eigenvalue weighted by Gasteiger charge is 2.29. The zero-order valence-electron chi connectivity index (χ0n) is 10.2. The van der Waals surface area contributed by atoms with Gasteiger partial charge in [-0.05, 0) is 19.3 Å². The van der Waals surface area contributed by atoms with Crippen molar-refractivity contribution in [2.75, 3.05) is 19.6 Å². The summed E-state index contributed by atoms with van der Waals surface area (Å²) in [6, 6.07) is 1.00.